The van der Waals surface area contributed by atoms with Crippen molar-refractivity contribution in [1.29, 1.82) is 0 Å². The molecule has 0 spiro atoms. The Labute approximate surface area is 190 Å². The maximum absolute atomic E-state index is 12.2. The number of pyridine rings is 1. The number of carbonyl (C=O) groups excluding carboxylic acids is 1. The highest BCUT2D eigenvalue weighted by molar-refractivity contribution is 5.92. The number of fused-ring (bicyclic) bond motifs is 1. The second-order valence-corrected chi connectivity index (χ2v) is 6.96. The molecule has 1 amide bonds. The largest absolute Gasteiger partial charge is 0.504 e. The van der Waals surface area contributed by atoms with Gasteiger partial charge in [0.25, 0.3) is 5.91 Å². The number of nitrogens with one attached hydrogen (secondary N) is 1. The number of hydrogen-bond donors (Lipinski definition) is 2. The summed E-state index contributed by atoms with van der Waals surface area (Å²) in [6.07, 6.45) is 1.66. The van der Waals surface area contributed by atoms with E-state index in [1.54, 1.807) is 75.0 Å². The molecule has 0 unspecified atom stereocenters. The first kappa shape index (κ1) is 21.8. The maximum Gasteiger partial charge on any atom is 0.262 e. The molecule has 0 saturated carbocycles. The van der Waals surface area contributed by atoms with Gasteiger partial charge in [0.05, 0.1) is 19.7 Å². The first-order chi connectivity index (χ1) is 16.1. The quantitative estimate of drug-likeness (QED) is 0.402. The molecule has 0 fully saturated rings. The number of ether oxygens (including phenoxy) is 4. The fraction of sp³-hybridized carbons (Fsp3) is 0.120. The molecule has 0 radical (unpaired) electrons. The number of rotatable bonds is 8. The highest BCUT2D eigenvalue weighted by Gasteiger charge is 2.12. The van der Waals surface area contributed by atoms with Gasteiger partial charge in [0, 0.05) is 23.3 Å². The van der Waals surface area contributed by atoms with Crippen molar-refractivity contribution in [3.05, 3.63) is 72.9 Å². The number of carbonyl (C=O) groups is 1. The molecule has 8 heteroatoms. The van der Waals surface area contributed by atoms with Crippen molar-refractivity contribution in [3.8, 4) is 34.5 Å². The third-order valence-electron chi connectivity index (χ3n) is 4.80. The van der Waals surface area contributed by atoms with Crippen LogP contribution >= 0.6 is 0 Å². The fourth-order valence-electron chi connectivity index (χ4n) is 3.19. The summed E-state index contributed by atoms with van der Waals surface area (Å²) in [5.41, 5.74) is 1.29. The lowest BCUT2D eigenvalue weighted by molar-refractivity contribution is -0.118. The summed E-state index contributed by atoms with van der Waals surface area (Å²) < 4.78 is 22.1. The van der Waals surface area contributed by atoms with Crippen molar-refractivity contribution >= 4 is 22.5 Å². The molecule has 3 aromatic carbocycles. The van der Waals surface area contributed by atoms with E-state index in [9.17, 15) is 9.90 Å². The molecule has 0 aliphatic heterocycles. The topological polar surface area (TPSA) is 99.1 Å². The number of para-hydroxylation sites is 2. The van der Waals surface area contributed by atoms with Gasteiger partial charge in [-0.25, -0.2) is 0 Å². The van der Waals surface area contributed by atoms with Gasteiger partial charge in [-0.05, 0) is 48.5 Å². The second-order valence-electron chi connectivity index (χ2n) is 6.96. The minimum atomic E-state index is -0.354. The lowest BCUT2D eigenvalue weighted by Crippen LogP contribution is -2.20. The molecular weight excluding hydrogens is 424 g/mol. The highest BCUT2D eigenvalue weighted by Crippen LogP contribution is 2.37. The second kappa shape index (κ2) is 9.78. The Hall–Kier alpha value is -4.46. The van der Waals surface area contributed by atoms with Gasteiger partial charge >= 0.3 is 0 Å². The molecule has 1 aromatic heterocycles. The predicted molar refractivity (Wildman–Crippen MR) is 124 cm³/mol. The van der Waals surface area contributed by atoms with Crippen LogP contribution in [-0.4, -0.2) is 36.8 Å². The van der Waals surface area contributed by atoms with Crippen LogP contribution in [0.1, 0.15) is 0 Å². The number of benzene rings is 3. The number of amides is 1. The van der Waals surface area contributed by atoms with E-state index >= 15 is 0 Å². The number of phenols is 1. The number of nitrogens with zero attached hydrogens (tertiary/aromatic N) is 1. The van der Waals surface area contributed by atoms with Gasteiger partial charge in [-0.1, -0.05) is 12.1 Å². The minimum absolute atomic E-state index is 0.0218. The van der Waals surface area contributed by atoms with Crippen molar-refractivity contribution in [1.82, 2.24) is 4.98 Å². The van der Waals surface area contributed by atoms with Crippen LogP contribution < -0.4 is 24.3 Å². The summed E-state index contributed by atoms with van der Waals surface area (Å²) in [6.45, 7) is -0.232. The number of hydrogen-bond acceptors (Lipinski definition) is 7. The van der Waals surface area contributed by atoms with Crippen molar-refractivity contribution in [2.75, 3.05) is 26.1 Å². The van der Waals surface area contributed by atoms with Crippen LogP contribution in [0.3, 0.4) is 0 Å². The number of methoxy groups -OCH3 is 2. The number of aromatic hydroxyl groups is 1. The minimum Gasteiger partial charge on any atom is -0.504 e. The SMILES string of the molecule is COc1cc2nccc(Oc3ccc(NC(=O)COc4ccccc4O)cc3)c2cc1OC. The van der Waals surface area contributed by atoms with E-state index < -0.39 is 0 Å². The van der Waals surface area contributed by atoms with E-state index in [1.165, 1.54) is 6.07 Å². The highest BCUT2D eigenvalue weighted by atomic mass is 16.5. The molecule has 168 valence electrons. The third kappa shape index (κ3) is 5.07. The van der Waals surface area contributed by atoms with Crippen molar-refractivity contribution < 1.29 is 28.8 Å². The van der Waals surface area contributed by atoms with E-state index in [-0.39, 0.29) is 24.0 Å². The summed E-state index contributed by atoms with van der Waals surface area (Å²) in [7, 11) is 3.14. The van der Waals surface area contributed by atoms with Gasteiger partial charge in [-0.15, -0.1) is 0 Å². The predicted octanol–water partition coefficient (Wildman–Crippen LogP) is 4.77. The van der Waals surface area contributed by atoms with E-state index in [0.717, 1.165) is 5.39 Å². The van der Waals surface area contributed by atoms with Crippen LogP contribution in [0.15, 0.2) is 72.9 Å². The number of anilines is 1. The fourth-order valence-corrected chi connectivity index (χ4v) is 3.19. The summed E-state index contributed by atoms with van der Waals surface area (Å²) in [6, 6.07) is 18.8. The maximum atomic E-state index is 12.2. The van der Waals surface area contributed by atoms with E-state index in [0.29, 0.717) is 34.2 Å². The first-order valence-electron chi connectivity index (χ1n) is 10.1. The summed E-state index contributed by atoms with van der Waals surface area (Å²) >= 11 is 0. The molecular formula is C25H22N2O6. The van der Waals surface area contributed by atoms with Gasteiger partial charge in [0.2, 0.25) is 0 Å². The van der Waals surface area contributed by atoms with Gasteiger partial charge in [0.15, 0.2) is 29.6 Å². The van der Waals surface area contributed by atoms with Gasteiger partial charge in [0.1, 0.15) is 11.5 Å². The molecule has 0 bridgehead atoms. The molecule has 4 rings (SSSR count). The Morgan fingerprint density at radius 2 is 1.64 bits per heavy atom. The zero-order valence-electron chi connectivity index (χ0n) is 18.1. The van der Waals surface area contributed by atoms with Crippen LogP contribution in [0.25, 0.3) is 10.9 Å². The van der Waals surface area contributed by atoms with Crippen LogP contribution in [0.4, 0.5) is 5.69 Å². The van der Waals surface area contributed by atoms with Crippen molar-refractivity contribution in [2.45, 2.75) is 0 Å². The van der Waals surface area contributed by atoms with Crippen molar-refractivity contribution in [2.24, 2.45) is 0 Å². The van der Waals surface area contributed by atoms with Crippen LogP contribution in [0.5, 0.6) is 34.5 Å². The summed E-state index contributed by atoms with van der Waals surface area (Å²) in [4.78, 5) is 16.5. The van der Waals surface area contributed by atoms with Gasteiger partial charge in [-0.3, -0.25) is 9.78 Å². The Morgan fingerprint density at radius 1 is 0.909 bits per heavy atom. The normalized spacial score (nSPS) is 10.5. The van der Waals surface area contributed by atoms with Crippen LogP contribution in [0.2, 0.25) is 0 Å². The van der Waals surface area contributed by atoms with Crippen molar-refractivity contribution in [3.63, 3.8) is 0 Å². The molecule has 33 heavy (non-hydrogen) atoms. The third-order valence-corrected chi connectivity index (χ3v) is 4.80. The molecule has 0 atom stereocenters. The zero-order chi connectivity index (χ0) is 23.2. The molecule has 1 heterocycles. The van der Waals surface area contributed by atoms with Gasteiger partial charge < -0.3 is 29.4 Å². The van der Waals surface area contributed by atoms with E-state index in [1.807, 2.05) is 6.07 Å². The first-order valence-corrected chi connectivity index (χ1v) is 10.1. The van der Waals surface area contributed by atoms with Gasteiger partial charge in [-0.2, -0.15) is 0 Å². The number of phenolic OH excluding ortho intramolecular Hbond substituents is 1. The smallest absolute Gasteiger partial charge is 0.262 e. The molecule has 0 saturated heterocycles. The lowest BCUT2D eigenvalue weighted by Gasteiger charge is -2.13. The molecule has 8 nitrogen and oxygen atoms in total. The standard InChI is InChI=1S/C25H22N2O6/c1-30-23-13-18-19(14-24(23)31-2)26-12-11-21(18)33-17-9-7-16(8-10-17)27-25(29)15-32-22-6-4-3-5-20(22)28/h3-14,28H,15H2,1-2H3,(H,27,29). The lowest BCUT2D eigenvalue weighted by atomic mass is 10.2. The van der Waals surface area contributed by atoms with E-state index in [4.69, 9.17) is 18.9 Å². The Balaban J connectivity index is 1.43. The molecule has 2 N–H and O–H groups in total. The Morgan fingerprint density at radius 3 is 2.36 bits per heavy atom. The molecule has 4 aromatic rings. The van der Waals surface area contributed by atoms with Crippen LogP contribution in [-0.2, 0) is 4.79 Å². The average molecular weight is 446 g/mol. The van der Waals surface area contributed by atoms with Crippen LogP contribution in [0, 0.1) is 0 Å². The summed E-state index contributed by atoms with van der Waals surface area (Å²) in [5.74, 6) is 2.22. The van der Waals surface area contributed by atoms with E-state index in [2.05, 4.69) is 10.3 Å². The molecule has 0 aliphatic carbocycles. The monoisotopic (exact) mass is 446 g/mol. The number of aromatic nitrogens is 1. The Kier molecular flexibility index (Phi) is 6.45. The average Bonchev–Trinajstić information content (AvgIpc) is 2.84. The zero-order valence-corrected chi connectivity index (χ0v) is 18.1. The Bertz CT molecular complexity index is 1270. The molecule has 0 aliphatic rings. The summed E-state index contributed by atoms with van der Waals surface area (Å²) in [5, 5.41) is 13.2.